The molecule has 1 amide bonds. The molecule has 0 radical (unpaired) electrons. The summed E-state index contributed by atoms with van der Waals surface area (Å²) in [5.74, 6) is 11.5. The van der Waals surface area contributed by atoms with Gasteiger partial charge in [0.1, 0.15) is 53.1 Å². The van der Waals surface area contributed by atoms with E-state index in [1.165, 1.54) is 23.2 Å². The van der Waals surface area contributed by atoms with E-state index >= 15 is 0 Å². The van der Waals surface area contributed by atoms with Gasteiger partial charge in [-0.2, -0.15) is 37.2 Å². The average molecular weight is 1660 g/mol. The van der Waals surface area contributed by atoms with Gasteiger partial charge in [0.05, 0.1) is 54.3 Å². The lowest BCUT2D eigenvalue weighted by molar-refractivity contribution is 0.0531. The smallest absolute Gasteiger partial charge is 0.407 e. The number of anilines is 1. The highest BCUT2D eigenvalue weighted by atomic mass is 32.2. The molecule has 0 saturated carbocycles. The number of aromatic hydroxyl groups is 1. The van der Waals surface area contributed by atoms with Crippen LogP contribution in [0.3, 0.4) is 0 Å². The molecule has 12 aromatic rings. The fourth-order valence-corrected chi connectivity index (χ4v) is 11.6. The zero-order chi connectivity index (χ0) is 86.4. The third kappa shape index (κ3) is 34.7. The number of nitrogen functional groups attached to an aromatic ring is 2. The Morgan fingerprint density at radius 2 is 0.957 bits per heavy atom. The van der Waals surface area contributed by atoms with E-state index in [-0.39, 0.29) is 47.4 Å². The number of hydrogen-bond donors (Lipinski definition) is 8. The zero-order valence-corrected chi connectivity index (χ0v) is 70.5. The minimum absolute atomic E-state index is 0.00184. The van der Waals surface area contributed by atoms with E-state index in [0.717, 1.165) is 145 Å². The lowest BCUT2D eigenvalue weighted by Gasteiger charge is -2.20. The van der Waals surface area contributed by atoms with Gasteiger partial charge in [-0.1, -0.05) is 101 Å². The Hall–Kier alpha value is -11.8. The number of alkyl carbamates (subject to hydrolysis) is 1. The number of rotatable bonds is 24. The van der Waals surface area contributed by atoms with Crippen molar-refractivity contribution in [3.8, 4) is 23.0 Å². The van der Waals surface area contributed by atoms with E-state index in [9.17, 15) is 35.5 Å². The van der Waals surface area contributed by atoms with Crippen molar-refractivity contribution in [1.29, 1.82) is 5.41 Å². The standard InChI is InChI=1S/C19H27FN4O3.C14H19FN4O.C11H15N3O.C10H13N3O.C9H12O3S.C7H8O3S.C6H9N3.C6H8N2/c1-5-6-7-16-22-17-9-8-15(12-24(17)23-16)26-13-14(10-20)11-21-18(25)27-19(2,3)4;1-2-3-4-13-17-14-6-5-12(9-19(14)18-13)20-10-11(7-15)8-16;1-3-4-5-10-12-11-7-6-9(15-2)8-14(11)13-10;1-2-3-4-9-11-10-6-5-8(14)7-13(10)12-9;1-6-4-7(2)9(8(3)5-6)13(10,11)12;1-6-2-4-7(5-3-6)11(8,9)10;1-5-2-3-6(7)9(8)4-5;1-5-2-3-6(7)8-4-5/h8-10,12H,5-7,11,13H2,1-4H3,(H,21,25);5-7,9H,2-4,8,10,16H2,1H3;6-8H,3-5H2,1-2H3;5-7,14H,2-4H2,1H3;4-5H,1-3H3,(H,10,11,12);2-5H,1H3,(H,8,9,10);2-4,7H,8H2,1H3;2-4H,1H3,(H2,7,8)/b14-10+;11-7+;;;;;;. The van der Waals surface area contributed by atoms with Crippen LogP contribution in [0.5, 0.6) is 23.0 Å². The molecule has 11 N–H and O–H groups in total. The maximum Gasteiger partial charge on any atom is 0.407 e. The second-order valence-corrected chi connectivity index (χ2v) is 30.6. The first-order chi connectivity index (χ1) is 55.5. The Bertz CT molecular complexity index is 5410. The Morgan fingerprint density at radius 1 is 0.547 bits per heavy atom. The first kappa shape index (κ1) is 95.8. The predicted molar refractivity (Wildman–Crippen MR) is 447 cm³/mol. The van der Waals surface area contributed by atoms with Crippen LogP contribution in [-0.2, 0) is 50.7 Å². The number of hydrogen-bond acceptors (Lipinski definition) is 23. The molecule has 31 nitrogen and oxygen atoms in total. The number of aromatic nitrogens is 14. The monoisotopic (exact) mass is 1660 g/mol. The number of methoxy groups -OCH3 is 1. The predicted octanol–water partition coefficient (Wildman–Crippen LogP) is 14.0. The molecule has 2 aromatic carbocycles. The van der Waals surface area contributed by atoms with Gasteiger partial charge in [-0.15, -0.1) is 0 Å². The van der Waals surface area contributed by atoms with E-state index in [0.29, 0.717) is 52.2 Å². The number of halogens is 2. The van der Waals surface area contributed by atoms with Crippen molar-refractivity contribution in [1.82, 2.24) is 73.4 Å². The number of amides is 1. The fraction of sp³-hybridized carbons (Fsp3) is 0.378. The van der Waals surface area contributed by atoms with Crippen molar-refractivity contribution in [2.24, 2.45) is 5.73 Å². The van der Waals surface area contributed by atoms with Gasteiger partial charge in [0.15, 0.2) is 45.9 Å². The summed E-state index contributed by atoms with van der Waals surface area (Å²) >= 11 is 0. The lowest BCUT2D eigenvalue weighted by atomic mass is 10.1. The normalized spacial score (nSPS) is 11.3. The summed E-state index contributed by atoms with van der Waals surface area (Å²) in [7, 11) is -6.45. The fourth-order valence-electron chi connectivity index (χ4n) is 10.2. The number of carbonyl (C=O) groups is 1. The molecule has 0 aliphatic rings. The van der Waals surface area contributed by atoms with E-state index in [1.807, 2.05) is 64.2 Å². The number of fused-ring (bicyclic) bond motifs is 4. The van der Waals surface area contributed by atoms with Gasteiger partial charge >= 0.3 is 6.09 Å². The SMILES string of the molecule is CCCCc1nc2ccc(O)cn2n1.CCCCc1nc2ccc(OC)cn2n1.CCCCc1nc2ccc(OC/C(=C/F)CN)cn2n1.CCCCc1nc2ccc(OC/C(=C/F)CNC(=O)OC(C)(C)C)cn2n1.Cc1cc(C)c(S(=O)(=O)O)c(C)c1.Cc1ccc(=N)n(N)c1.Cc1ccc(N)nc1.Cc1ccc(S(=O)(=O)O)cc1. The quantitative estimate of drug-likeness (QED) is 0.0206. The number of nitrogens with two attached hydrogens (primary N) is 3. The van der Waals surface area contributed by atoms with Gasteiger partial charge in [-0.3, -0.25) is 19.2 Å². The summed E-state index contributed by atoms with van der Waals surface area (Å²) < 4.78 is 115. The zero-order valence-electron chi connectivity index (χ0n) is 68.9. The minimum Gasteiger partial charge on any atom is -0.506 e. The molecule has 632 valence electrons. The summed E-state index contributed by atoms with van der Waals surface area (Å²) in [6.07, 6.45) is 23.0. The highest BCUT2D eigenvalue weighted by Crippen LogP contribution is 2.22. The summed E-state index contributed by atoms with van der Waals surface area (Å²) in [6, 6.07) is 31.1. The van der Waals surface area contributed by atoms with Gasteiger partial charge in [0.25, 0.3) is 20.2 Å². The number of nitrogens with zero attached hydrogens (tertiary/aromatic N) is 14. The van der Waals surface area contributed by atoms with E-state index in [1.54, 1.807) is 158 Å². The summed E-state index contributed by atoms with van der Waals surface area (Å²) in [5.41, 5.74) is 19.6. The van der Waals surface area contributed by atoms with Gasteiger partial charge in [-0.25, -0.2) is 56.6 Å². The average Bonchev–Trinajstić information content (AvgIpc) is 1.80. The molecular weight excluding hydrogens is 1550 g/mol. The molecule has 0 bridgehead atoms. The van der Waals surface area contributed by atoms with Crippen molar-refractivity contribution in [2.45, 2.75) is 182 Å². The number of aryl methyl sites for hydroxylation is 10. The number of carbonyl (C=O) groups excluding carboxylic acids is 1. The Kier molecular flexibility index (Phi) is 39.2. The van der Waals surface area contributed by atoms with Crippen LogP contribution < -0.4 is 42.3 Å². The molecule has 0 aliphatic heterocycles. The molecule has 35 heteroatoms. The molecule has 0 unspecified atom stereocenters. The molecule has 10 aromatic heterocycles. The summed E-state index contributed by atoms with van der Waals surface area (Å²) in [4.78, 5) is 33.1. The highest BCUT2D eigenvalue weighted by molar-refractivity contribution is 7.86. The first-order valence-corrected chi connectivity index (χ1v) is 40.8. The molecule has 12 rings (SSSR count). The van der Waals surface area contributed by atoms with Crippen LogP contribution in [0, 0.1) is 47.0 Å². The van der Waals surface area contributed by atoms with Crippen LogP contribution in [0.1, 0.15) is 157 Å². The van der Waals surface area contributed by atoms with Crippen molar-refractivity contribution in [3.63, 3.8) is 0 Å². The van der Waals surface area contributed by atoms with Crippen LogP contribution in [0.4, 0.5) is 19.4 Å². The van der Waals surface area contributed by atoms with Crippen LogP contribution in [-0.4, -0.2) is 144 Å². The van der Waals surface area contributed by atoms with Crippen LogP contribution in [0.2, 0.25) is 0 Å². The molecule has 10 heterocycles. The van der Waals surface area contributed by atoms with Crippen LogP contribution in [0.15, 0.2) is 180 Å². The van der Waals surface area contributed by atoms with Crippen LogP contribution >= 0.6 is 0 Å². The summed E-state index contributed by atoms with van der Waals surface area (Å²) in [6.45, 7) is 25.1. The second-order valence-electron chi connectivity index (χ2n) is 27.8. The van der Waals surface area contributed by atoms with Gasteiger partial charge in [-0.05, 0) is 183 Å². The van der Waals surface area contributed by atoms with E-state index in [2.05, 4.69) is 78.3 Å². The third-order valence-corrected chi connectivity index (χ3v) is 18.2. The summed E-state index contributed by atoms with van der Waals surface area (Å²) in [5, 5.41) is 36.3. The largest absolute Gasteiger partial charge is 0.506 e. The third-order valence-electron chi connectivity index (χ3n) is 16.2. The molecule has 0 spiro atoms. The number of benzene rings is 2. The molecule has 0 aliphatic carbocycles. The maximum absolute atomic E-state index is 13.1. The number of ether oxygens (including phenoxy) is 4. The van der Waals surface area contributed by atoms with Gasteiger partial charge in [0, 0.05) is 62.3 Å². The molecule has 0 saturated heterocycles. The first-order valence-electron chi connectivity index (χ1n) is 37.9. The van der Waals surface area contributed by atoms with Gasteiger partial charge < -0.3 is 46.7 Å². The topological polar surface area (TPSA) is 435 Å². The Labute approximate surface area is 682 Å². The minimum atomic E-state index is -4.08. The lowest BCUT2D eigenvalue weighted by Crippen LogP contribution is -2.34. The van der Waals surface area contributed by atoms with Crippen molar-refractivity contribution in [3.05, 3.63) is 232 Å². The van der Waals surface area contributed by atoms with Gasteiger partial charge in [0.2, 0.25) is 0 Å². The molecule has 117 heavy (non-hydrogen) atoms. The van der Waals surface area contributed by atoms with E-state index < -0.39 is 31.9 Å². The molecule has 0 fully saturated rings. The maximum atomic E-state index is 13.1. The second kappa shape index (κ2) is 47.9. The number of pyridine rings is 6. The van der Waals surface area contributed by atoms with Crippen molar-refractivity contribution < 1.29 is 63.6 Å². The van der Waals surface area contributed by atoms with Crippen molar-refractivity contribution >= 4 is 54.7 Å². The number of nitrogens with one attached hydrogen (secondary N) is 2. The Morgan fingerprint density at radius 3 is 1.32 bits per heavy atom. The van der Waals surface area contributed by atoms with E-state index in [4.69, 9.17) is 50.8 Å². The molecular formula is C82H111F2N19O12S2. The number of unbranched alkanes of at least 4 members (excludes halogenated alkanes) is 4. The van der Waals surface area contributed by atoms with Crippen molar-refractivity contribution in [2.75, 3.05) is 45.0 Å². The highest BCUT2D eigenvalue weighted by Gasteiger charge is 2.18. The Balaban J connectivity index is 0.000000245. The van der Waals surface area contributed by atoms with Crippen LogP contribution in [0.25, 0.3) is 22.6 Å². The molecule has 0 atom stereocenters.